The van der Waals surface area contributed by atoms with E-state index in [-0.39, 0.29) is 17.3 Å². The molecule has 9 heteroatoms. The van der Waals surface area contributed by atoms with Crippen molar-refractivity contribution in [2.45, 2.75) is 11.4 Å². The zero-order valence-corrected chi connectivity index (χ0v) is 17.6. The minimum atomic E-state index is -3.49. The van der Waals surface area contributed by atoms with Gasteiger partial charge < -0.3 is 10.2 Å². The van der Waals surface area contributed by atoms with E-state index in [1.165, 1.54) is 26.2 Å². The summed E-state index contributed by atoms with van der Waals surface area (Å²) in [5, 5.41) is 3.91. The lowest BCUT2D eigenvalue weighted by Crippen LogP contribution is -3.08. The van der Waals surface area contributed by atoms with Crippen molar-refractivity contribution in [3.8, 4) is 0 Å². The summed E-state index contributed by atoms with van der Waals surface area (Å²) >= 11 is 12.1. The van der Waals surface area contributed by atoms with Crippen LogP contribution >= 0.6 is 23.2 Å². The van der Waals surface area contributed by atoms with E-state index in [0.717, 1.165) is 14.8 Å². The third-order valence-electron chi connectivity index (χ3n) is 3.89. The second-order valence-corrected chi connectivity index (χ2v) is 9.40. The van der Waals surface area contributed by atoms with Crippen molar-refractivity contribution in [2.75, 3.05) is 33.0 Å². The molecule has 146 valence electrons. The van der Waals surface area contributed by atoms with Gasteiger partial charge in [-0.1, -0.05) is 29.3 Å². The Morgan fingerprint density at radius 3 is 2.30 bits per heavy atom. The fourth-order valence-electron chi connectivity index (χ4n) is 2.45. The molecule has 1 unspecified atom stereocenters. The summed E-state index contributed by atoms with van der Waals surface area (Å²) in [7, 11) is 1.34. The number of amides is 1. The number of hydrogen-bond donors (Lipinski definition) is 2. The van der Waals surface area contributed by atoms with Crippen LogP contribution in [0.4, 0.5) is 5.69 Å². The predicted octanol–water partition coefficient (Wildman–Crippen LogP) is 1.90. The number of hydrogen-bond acceptors (Lipinski definition) is 3. The van der Waals surface area contributed by atoms with E-state index in [4.69, 9.17) is 23.2 Å². The molecular formula is C18H22Cl2N3O3S+. The molecule has 0 fully saturated rings. The smallest absolute Gasteiger partial charge is 0.279 e. The molecular weight excluding hydrogens is 409 g/mol. The molecule has 0 aliphatic carbocycles. The summed E-state index contributed by atoms with van der Waals surface area (Å²) in [4.78, 5) is 13.3. The second-order valence-electron chi connectivity index (χ2n) is 6.41. The van der Waals surface area contributed by atoms with E-state index in [1.807, 2.05) is 13.1 Å². The highest BCUT2D eigenvalue weighted by Gasteiger charge is 2.17. The van der Waals surface area contributed by atoms with Crippen LogP contribution in [-0.2, 0) is 21.4 Å². The molecule has 0 aliphatic heterocycles. The molecule has 0 heterocycles. The van der Waals surface area contributed by atoms with Gasteiger partial charge in [-0.05, 0) is 36.4 Å². The van der Waals surface area contributed by atoms with Crippen LogP contribution in [0.3, 0.4) is 0 Å². The first-order valence-corrected chi connectivity index (χ1v) is 10.4. The Kier molecular flexibility index (Phi) is 7.25. The van der Waals surface area contributed by atoms with Crippen LogP contribution in [0, 0.1) is 0 Å². The van der Waals surface area contributed by atoms with Crippen LogP contribution in [0.15, 0.2) is 47.4 Å². The zero-order valence-electron chi connectivity index (χ0n) is 15.3. The minimum Gasteiger partial charge on any atom is -0.326 e. The Morgan fingerprint density at radius 1 is 1.11 bits per heavy atom. The lowest BCUT2D eigenvalue weighted by Gasteiger charge is -2.15. The number of quaternary nitrogens is 1. The first-order chi connectivity index (χ1) is 12.6. The summed E-state index contributed by atoms with van der Waals surface area (Å²) in [5.41, 5.74) is 1.44. The Bertz CT molecular complexity index is 916. The number of rotatable bonds is 7. The Morgan fingerprint density at radius 2 is 1.74 bits per heavy atom. The fourth-order valence-corrected chi connectivity index (χ4v) is 3.83. The van der Waals surface area contributed by atoms with Crippen molar-refractivity contribution in [3.05, 3.63) is 58.1 Å². The number of halogens is 2. The third-order valence-corrected chi connectivity index (χ3v) is 6.30. The fraction of sp³-hybridized carbons (Fsp3) is 0.278. The van der Waals surface area contributed by atoms with Crippen molar-refractivity contribution in [2.24, 2.45) is 0 Å². The second kappa shape index (κ2) is 9.03. The molecule has 27 heavy (non-hydrogen) atoms. The van der Waals surface area contributed by atoms with Gasteiger partial charge in [-0.25, -0.2) is 12.7 Å². The summed E-state index contributed by atoms with van der Waals surface area (Å²) in [6.45, 7) is 0.806. The molecule has 0 aliphatic rings. The molecule has 0 spiro atoms. The summed E-state index contributed by atoms with van der Waals surface area (Å²) in [6, 6.07) is 11.4. The minimum absolute atomic E-state index is 0.172. The average molecular weight is 431 g/mol. The Hall–Kier alpha value is -1.64. The maximum atomic E-state index is 12.2. The molecule has 0 saturated heterocycles. The lowest BCUT2D eigenvalue weighted by atomic mass is 10.2. The van der Waals surface area contributed by atoms with E-state index < -0.39 is 10.0 Å². The number of sulfonamides is 1. The van der Waals surface area contributed by atoms with Gasteiger partial charge in [-0.3, -0.25) is 4.79 Å². The van der Waals surface area contributed by atoms with E-state index >= 15 is 0 Å². The Labute approximate surface area is 169 Å². The van der Waals surface area contributed by atoms with E-state index in [9.17, 15) is 13.2 Å². The summed E-state index contributed by atoms with van der Waals surface area (Å²) in [5.74, 6) is -0.180. The number of likely N-dealkylation sites (N-methyl/N-ethyl adjacent to an activating group) is 1. The van der Waals surface area contributed by atoms with Gasteiger partial charge in [0.2, 0.25) is 10.0 Å². The summed E-state index contributed by atoms with van der Waals surface area (Å²) < 4.78 is 25.2. The van der Waals surface area contributed by atoms with Crippen molar-refractivity contribution in [3.63, 3.8) is 0 Å². The molecule has 0 aromatic heterocycles. The van der Waals surface area contributed by atoms with Gasteiger partial charge >= 0.3 is 0 Å². The highest BCUT2D eigenvalue weighted by atomic mass is 35.5. The number of benzene rings is 2. The molecule has 2 aromatic rings. The third kappa shape index (κ3) is 5.92. The molecule has 6 nitrogen and oxygen atoms in total. The van der Waals surface area contributed by atoms with Gasteiger partial charge in [0.05, 0.1) is 17.0 Å². The quantitative estimate of drug-likeness (QED) is 0.704. The first kappa shape index (κ1) is 21.7. The number of nitrogens with one attached hydrogen (secondary N) is 2. The Balaban J connectivity index is 1.95. The normalized spacial score (nSPS) is 12.8. The molecule has 0 saturated carbocycles. The van der Waals surface area contributed by atoms with Gasteiger partial charge in [0.25, 0.3) is 5.91 Å². The molecule has 2 rings (SSSR count). The number of carbonyl (C=O) groups excluding carboxylic acids is 1. The maximum absolute atomic E-state index is 12.2. The number of nitrogens with zero attached hydrogens (tertiary/aromatic N) is 1. The zero-order chi connectivity index (χ0) is 20.2. The van der Waals surface area contributed by atoms with E-state index in [0.29, 0.717) is 22.3 Å². The molecule has 0 bridgehead atoms. The van der Waals surface area contributed by atoms with Crippen LogP contribution in [0.25, 0.3) is 0 Å². The number of carbonyl (C=O) groups is 1. The largest absolute Gasteiger partial charge is 0.326 e. The lowest BCUT2D eigenvalue weighted by molar-refractivity contribution is -0.885. The van der Waals surface area contributed by atoms with Crippen LogP contribution in [0.2, 0.25) is 10.0 Å². The maximum Gasteiger partial charge on any atom is 0.279 e. The van der Waals surface area contributed by atoms with Crippen LogP contribution < -0.4 is 10.2 Å². The van der Waals surface area contributed by atoms with Crippen molar-refractivity contribution in [1.82, 2.24) is 4.31 Å². The van der Waals surface area contributed by atoms with Gasteiger partial charge in [0.1, 0.15) is 6.54 Å². The van der Waals surface area contributed by atoms with Gasteiger partial charge in [0.15, 0.2) is 6.54 Å². The molecule has 2 aromatic carbocycles. The predicted molar refractivity (Wildman–Crippen MR) is 108 cm³/mol. The average Bonchev–Trinajstić information content (AvgIpc) is 2.57. The first-order valence-electron chi connectivity index (χ1n) is 8.17. The molecule has 2 N–H and O–H groups in total. The summed E-state index contributed by atoms with van der Waals surface area (Å²) in [6.07, 6.45) is 0. The van der Waals surface area contributed by atoms with Crippen LogP contribution in [0.1, 0.15) is 5.56 Å². The van der Waals surface area contributed by atoms with Crippen molar-refractivity contribution < 1.29 is 18.1 Å². The SMILES string of the molecule is CN(C)S(=O)(=O)c1ccc(NC(=O)C[NH+](C)Cc2ccc(Cl)cc2Cl)cc1. The highest BCUT2D eigenvalue weighted by Crippen LogP contribution is 2.20. The van der Waals surface area contributed by atoms with Crippen LogP contribution in [0.5, 0.6) is 0 Å². The molecule has 1 atom stereocenters. The number of anilines is 1. The highest BCUT2D eigenvalue weighted by molar-refractivity contribution is 7.89. The molecule has 0 radical (unpaired) electrons. The van der Waals surface area contributed by atoms with Gasteiger partial charge in [0, 0.05) is 30.4 Å². The van der Waals surface area contributed by atoms with Gasteiger partial charge in [-0.15, -0.1) is 0 Å². The van der Waals surface area contributed by atoms with Crippen molar-refractivity contribution in [1.29, 1.82) is 0 Å². The molecule has 1 amide bonds. The van der Waals surface area contributed by atoms with Crippen molar-refractivity contribution >= 4 is 44.8 Å². The van der Waals surface area contributed by atoms with Gasteiger partial charge in [-0.2, -0.15) is 0 Å². The topological polar surface area (TPSA) is 70.9 Å². The van der Waals surface area contributed by atoms with E-state index in [2.05, 4.69) is 5.32 Å². The standard InChI is InChI=1S/C18H21Cl2N3O3S/c1-22(2)27(25,26)16-8-6-15(7-9-16)21-18(24)12-23(3)11-13-4-5-14(19)10-17(13)20/h4-10H,11-12H2,1-3H3,(H,21,24)/p+1. The van der Waals surface area contributed by atoms with E-state index in [1.54, 1.807) is 24.3 Å². The monoisotopic (exact) mass is 430 g/mol. The van der Waals surface area contributed by atoms with Crippen LogP contribution in [-0.4, -0.2) is 46.3 Å².